The smallest absolute Gasteiger partial charge is 0.409 e. The molecule has 1 unspecified atom stereocenters. The Morgan fingerprint density at radius 1 is 0.959 bits per heavy atom. The first-order chi connectivity index (χ1) is 34.8. The molecule has 1 heterocycles. The summed E-state index contributed by atoms with van der Waals surface area (Å²) < 4.78 is 74.0. The first-order valence-electron chi connectivity index (χ1n) is 26.2. The molecule has 3 N–H and O–H groups in total. The van der Waals surface area contributed by atoms with Crippen molar-refractivity contribution in [2.24, 2.45) is 40.4 Å². The van der Waals surface area contributed by atoms with E-state index in [2.05, 4.69) is 22.5 Å². The maximum atomic E-state index is 17.8. The second-order valence-electron chi connectivity index (χ2n) is 21.7. The molecule has 0 aromatic rings. The maximum absolute atomic E-state index is 17.8. The zero-order valence-corrected chi connectivity index (χ0v) is 45.0. The van der Waals surface area contributed by atoms with Crippen molar-refractivity contribution >= 4 is 51.2 Å². The van der Waals surface area contributed by atoms with Crippen molar-refractivity contribution in [2.75, 3.05) is 85.3 Å². The number of ketones is 2. The molecule has 1 aliphatic heterocycles. The standard InChI is InChI=1S/C53H77F2N3O13S2/c1-7-12-46-70-44-29-38-39-28-41(54)40-27-34(59)15-16-50(40,4)52(39,55)42(60)30-51(38,5)53(44,71-46)43(61)33-69-48(64)58(6)19-26-72-73-49(2,3)31-45(62)56-17-20-65-22-24-67-25-23-66-21-18-57-47(63)68-32-37-35-13-10-8-9-11-14-36(35)37/h15-16,27,35-39,41-42,44,46,60H,7,10-14,17-26,28-33H2,1-6H3,(H,56,62)(H,57,63)/t35-,36+,37-,38-,39-,41-,42-,44+,46?,50-,51-,52-,53+/m0/s1. The lowest BCUT2D eigenvalue weighted by molar-refractivity contribution is -0.234. The van der Waals surface area contributed by atoms with Crippen LogP contribution >= 0.6 is 21.6 Å². The van der Waals surface area contributed by atoms with Crippen LogP contribution in [0.2, 0.25) is 0 Å². The number of alkyl halides is 2. The fourth-order valence-corrected chi connectivity index (χ4v) is 15.3. The monoisotopic (exact) mass is 1070 g/mol. The largest absolute Gasteiger partial charge is 0.449 e. The van der Waals surface area contributed by atoms with Crippen molar-refractivity contribution in [3.8, 4) is 11.8 Å². The van der Waals surface area contributed by atoms with E-state index in [1.165, 1.54) is 45.6 Å². The number of nitrogens with one attached hydrogen (secondary N) is 2. The Morgan fingerprint density at radius 2 is 1.62 bits per heavy atom. The number of allylic oxidation sites excluding steroid dienone is 4. The van der Waals surface area contributed by atoms with Crippen molar-refractivity contribution in [2.45, 2.75) is 140 Å². The lowest BCUT2D eigenvalue weighted by Crippen LogP contribution is -2.71. The van der Waals surface area contributed by atoms with Crippen LogP contribution < -0.4 is 10.6 Å². The second-order valence-corrected chi connectivity index (χ2v) is 24.8. The third-order valence-corrected chi connectivity index (χ3v) is 19.7. The van der Waals surface area contributed by atoms with Gasteiger partial charge in [0.2, 0.25) is 11.7 Å². The summed E-state index contributed by atoms with van der Waals surface area (Å²) in [5.41, 5.74) is -6.79. The van der Waals surface area contributed by atoms with E-state index in [1.807, 2.05) is 20.8 Å². The highest BCUT2D eigenvalue weighted by molar-refractivity contribution is 8.77. The van der Waals surface area contributed by atoms with E-state index in [1.54, 1.807) is 14.0 Å². The van der Waals surface area contributed by atoms with Crippen molar-refractivity contribution < 1.29 is 71.0 Å². The predicted octanol–water partition coefficient (Wildman–Crippen LogP) is 6.71. The number of Topliss-reactive ketones (excluding diaryl/α,β-unsaturated/α-hetero) is 1. The van der Waals surface area contributed by atoms with Gasteiger partial charge in [-0.15, -0.1) is 11.8 Å². The minimum atomic E-state index is -2.33. The molecule has 1 saturated heterocycles. The molecule has 13 atom stereocenters. The Labute approximate surface area is 437 Å². The van der Waals surface area contributed by atoms with Crippen LogP contribution in [0.5, 0.6) is 0 Å². The summed E-state index contributed by atoms with van der Waals surface area (Å²) in [6, 6.07) is 0. The van der Waals surface area contributed by atoms with Gasteiger partial charge in [-0.3, -0.25) is 14.4 Å². The highest BCUT2D eigenvalue weighted by Crippen LogP contribution is 2.72. The summed E-state index contributed by atoms with van der Waals surface area (Å²) in [7, 11) is 4.58. The fourth-order valence-electron chi connectivity index (χ4n) is 12.7. The fraction of sp³-hybridized carbons (Fsp3) is 0.792. The van der Waals surface area contributed by atoms with Gasteiger partial charge in [0.15, 0.2) is 29.9 Å². The van der Waals surface area contributed by atoms with Gasteiger partial charge >= 0.3 is 12.2 Å². The van der Waals surface area contributed by atoms with Gasteiger partial charge < -0.3 is 53.8 Å². The van der Waals surface area contributed by atoms with Gasteiger partial charge in [-0.1, -0.05) is 47.9 Å². The summed E-state index contributed by atoms with van der Waals surface area (Å²) in [5, 5.41) is 17.5. The van der Waals surface area contributed by atoms with Gasteiger partial charge in [0.25, 0.3) is 0 Å². The first-order valence-corrected chi connectivity index (χ1v) is 28.5. The van der Waals surface area contributed by atoms with Crippen LogP contribution in [0.25, 0.3) is 0 Å². The number of hydrogen-bond acceptors (Lipinski definition) is 15. The van der Waals surface area contributed by atoms with E-state index in [4.69, 9.17) is 33.2 Å². The average molecular weight is 1070 g/mol. The molecule has 6 aliphatic carbocycles. The van der Waals surface area contributed by atoms with Gasteiger partial charge in [-0.05, 0) is 101 Å². The molecule has 20 heteroatoms. The van der Waals surface area contributed by atoms with E-state index in [9.17, 15) is 29.1 Å². The molecule has 7 aliphatic rings. The summed E-state index contributed by atoms with van der Waals surface area (Å²) in [4.78, 5) is 66.2. The van der Waals surface area contributed by atoms with E-state index >= 15 is 8.78 Å². The van der Waals surface area contributed by atoms with Crippen LogP contribution in [-0.4, -0.2) is 166 Å². The molecule has 16 nitrogen and oxygen atoms in total. The number of nitrogens with zero attached hydrogens (tertiary/aromatic N) is 1. The van der Waals surface area contributed by atoms with E-state index in [0.717, 1.165) is 31.8 Å². The van der Waals surface area contributed by atoms with Crippen LogP contribution in [0, 0.1) is 52.3 Å². The van der Waals surface area contributed by atoms with Gasteiger partial charge in [0, 0.05) is 73.2 Å². The van der Waals surface area contributed by atoms with Crippen molar-refractivity contribution in [3.63, 3.8) is 0 Å². The molecular formula is C53H77F2N3O13S2. The summed E-state index contributed by atoms with van der Waals surface area (Å²) in [6.45, 7) is 12.1. The Morgan fingerprint density at radius 3 is 2.29 bits per heavy atom. The molecule has 0 radical (unpaired) electrons. The molecule has 0 bridgehead atoms. The van der Waals surface area contributed by atoms with Gasteiger partial charge in [0.1, 0.15) is 6.17 Å². The summed E-state index contributed by atoms with van der Waals surface area (Å²) in [5.74, 6) is 5.83. The Bertz CT molecular complexity index is 2110. The van der Waals surface area contributed by atoms with Gasteiger partial charge in [-0.25, -0.2) is 18.4 Å². The molecule has 0 aromatic carbocycles. The van der Waals surface area contributed by atoms with Gasteiger partial charge in [0.05, 0.1) is 58.5 Å². The Hall–Kier alpha value is -3.29. The SMILES string of the molecule is CCCC1O[C@@H]2C[C@H]3[C@@H]4C[C@H](F)C5=CC(=O)C=C[C@]5(C)[C@@]4(F)[C@@H](O)C[C@]3(C)[C@]2(C(=O)COC(=O)N(C)CCSSC(C)(C)CC(=O)NCCOCCOCCOCCNC(=O)OC[C@@H]2[C@@H]3CCC#CCC[C@@H]32)O1. The van der Waals surface area contributed by atoms with Crippen molar-refractivity contribution in [1.29, 1.82) is 0 Å². The number of fused-ring (bicyclic) bond motifs is 8. The second kappa shape index (κ2) is 24.8. The van der Waals surface area contributed by atoms with Crippen LogP contribution in [0.3, 0.4) is 0 Å². The quantitative estimate of drug-likeness (QED) is 0.0469. The molecule has 5 fully saturated rings. The van der Waals surface area contributed by atoms with Crippen LogP contribution in [0.4, 0.5) is 18.4 Å². The molecule has 0 aromatic heterocycles. The number of amides is 3. The predicted molar refractivity (Wildman–Crippen MR) is 271 cm³/mol. The van der Waals surface area contributed by atoms with E-state index in [-0.39, 0.29) is 43.7 Å². The van der Waals surface area contributed by atoms with Crippen LogP contribution in [0.15, 0.2) is 23.8 Å². The minimum Gasteiger partial charge on any atom is -0.449 e. The maximum Gasteiger partial charge on any atom is 0.409 e. The van der Waals surface area contributed by atoms with Crippen LogP contribution in [0.1, 0.15) is 98.8 Å². The summed E-state index contributed by atoms with van der Waals surface area (Å²) >= 11 is 0. The van der Waals surface area contributed by atoms with E-state index in [0.29, 0.717) is 95.7 Å². The van der Waals surface area contributed by atoms with Crippen molar-refractivity contribution in [3.05, 3.63) is 23.8 Å². The molecule has 4 saturated carbocycles. The first kappa shape index (κ1) is 57.4. The summed E-state index contributed by atoms with van der Waals surface area (Å²) in [6.07, 6.45) is 2.93. The van der Waals surface area contributed by atoms with Crippen LogP contribution in [-0.2, 0) is 47.5 Å². The molecule has 408 valence electrons. The zero-order chi connectivity index (χ0) is 52.6. The number of carbonyl (C=O) groups is 5. The number of hydrogen-bond donors (Lipinski definition) is 3. The Balaban J connectivity index is 0.740. The number of alkyl carbamates (subject to hydrolysis) is 1. The normalized spacial score (nSPS) is 34.8. The molecule has 7 rings (SSSR count). The van der Waals surface area contributed by atoms with E-state index < -0.39 is 93.7 Å². The number of aliphatic hydroxyl groups excluding tert-OH is 1. The Kier molecular flexibility index (Phi) is 19.5. The highest BCUT2D eigenvalue weighted by Gasteiger charge is 2.80. The molecule has 3 amide bonds. The number of carbonyl (C=O) groups excluding carboxylic acids is 5. The lowest BCUT2D eigenvalue weighted by atomic mass is 9.44. The topological polar surface area (TPSA) is 197 Å². The molecule has 73 heavy (non-hydrogen) atoms. The number of rotatable bonds is 26. The minimum absolute atomic E-state index is 0.0169. The third-order valence-electron chi connectivity index (χ3n) is 16.5. The van der Waals surface area contributed by atoms with Crippen molar-refractivity contribution in [1.82, 2.24) is 15.5 Å². The lowest BCUT2D eigenvalue weighted by Gasteiger charge is -2.63. The number of ether oxygens (including phenoxy) is 7. The number of halogens is 2. The molecule has 0 spiro atoms. The van der Waals surface area contributed by atoms with Gasteiger partial charge in [-0.2, -0.15) is 0 Å². The zero-order valence-electron chi connectivity index (χ0n) is 43.4. The third kappa shape index (κ3) is 12.6. The molecular weight excluding hydrogens is 989 g/mol. The average Bonchev–Trinajstić information content (AvgIpc) is 3.72. The highest BCUT2D eigenvalue weighted by atomic mass is 33.1. The number of aliphatic hydroxyl groups is 1.